The summed E-state index contributed by atoms with van der Waals surface area (Å²) in [5.74, 6) is -1.58. The Morgan fingerprint density at radius 2 is 1.27 bits per heavy atom. The van der Waals surface area contributed by atoms with E-state index in [0.717, 1.165) is 42.0 Å². The minimum Gasteiger partial charge on any atom is -0.494 e. The number of unbranched alkanes of at least 4 members (excludes halogenated alkanes) is 3. The number of ether oxygens (including phenoxy) is 6. The second kappa shape index (κ2) is 23.4. The highest BCUT2D eigenvalue weighted by atomic mass is 32.1. The van der Waals surface area contributed by atoms with Gasteiger partial charge in [-0.15, -0.1) is 0 Å². The highest BCUT2D eigenvalue weighted by Crippen LogP contribution is 2.35. The lowest BCUT2D eigenvalue weighted by atomic mass is 9.82. The number of anilines is 1. The van der Waals surface area contributed by atoms with Crippen LogP contribution in [0.1, 0.15) is 89.5 Å². The molecule has 0 radical (unpaired) electrons. The molecule has 2 aliphatic carbocycles. The highest BCUT2D eigenvalue weighted by Gasteiger charge is 2.34. The van der Waals surface area contributed by atoms with E-state index in [4.69, 9.17) is 38.5 Å². The normalized spacial score (nSPS) is 18.6. The minimum atomic E-state index is -0.412. The van der Waals surface area contributed by atoms with Crippen LogP contribution in [0.4, 0.5) is 5.13 Å². The van der Waals surface area contributed by atoms with E-state index in [1.165, 1.54) is 18.4 Å². The molecule has 6 rings (SSSR count). The quantitative estimate of drug-likeness (QED) is 0.0206. The van der Waals surface area contributed by atoms with Crippen LogP contribution in [0, 0.1) is 23.7 Å². The van der Waals surface area contributed by atoms with E-state index in [9.17, 15) is 24.0 Å². The summed E-state index contributed by atoms with van der Waals surface area (Å²) in [5.41, 5.74) is 1.29. The molecule has 14 nitrogen and oxygen atoms in total. The molecule has 334 valence electrons. The molecule has 3 aromatic carbocycles. The van der Waals surface area contributed by atoms with Crippen LogP contribution in [0.2, 0.25) is 0 Å². The molecule has 0 unspecified atom stereocenters. The fraction of sp³-hybridized carbons (Fsp3) is 0.438. The molecule has 0 saturated heterocycles. The molecule has 0 N–H and O–H groups in total. The van der Waals surface area contributed by atoms with Crippen molar-refractivity contribution in [3.8, 4) is 23.0 Å². The third kappa shape index (κ3) is 13.5. The van der Waals surface area contributed by atoms with E-state index in [1.54, 1.807) is 53.7 Å². The number of benzene rings is 3. The van der Waals surface area contributed by atoms with E-state index in [-0.39, 0.29) is 41.2 Å². The van der Waals surface area contributed by atoms with Gasteiger partial charge in [-0.2, -0.15) is 5.10 Å². The monoisotopic (exact) mass is 881 g/mol. The summed E-state index contributed by atoms with van der Waals surface area (Å²) < 4.78 is 34.2. The maximum Gasteiger partial charge on any atom is 0.330 e. The van der Waals surface area contributed by atoms with Gasteiger partial charge in [0.15, 0.2) is 0 Å². The van der Waals surface area contributed by atoms with Crippen LogP contribution in [-0.2, 0) is 33.4 Å². The molecule has 63 heavy (non-hydrogen) atoms. The zero-order valence-electron chi connectivity index (χ0n) is 35.9. The van der Waals surface area contributed by atoms with Crippen molar-refractivity contribution in [2.24, 2.45) is 28.8 Å². The van der Waals surface area contributed by atoms with Gasteiger partial charge in [0.05, 0.1) is 60.4 Å². The second-order valence-electron chi connectivity index (χ2n) is 15.6. The Morgan fingerprint density at radius 3 is 1.87 bits per heavy atom. The maximum atomic E-state index is 13.5. The average molecular weight is 882 g/mol. The average Bonchev–Trinajstić information content (AvgIpc) is 3.75. The van der Waals surface area contributed by atoms with Gasteiger partial charge in [0, 0.05) is 18.2 Å². The first kappa shape index (κ1) is 46.4. The second-order valence-corrected chi connectivity index (χ2v) is 16.6. The fourth-order valence-electron chi connectivity index (χ4n) is 7.62. The first-order chi connectivity index (χ1) is 30.6. The van der Waals surface area contributed by atoms with Crippen LogP contribution in [0.15, 0.2) is 84.5 Å². The topological polar surface area (TPSA) is 169 Å². The number of methoxy groups -OCH3 is 1. The lowest BCUT2D eigenvalue weighted by Crippen LogP contribution is -2.30. The van der Waals surface area contributed by atoms with Crippen molar-refractivity contribution in [2.75, 3.05) is 31.9 Å². The van der Waals surface area contributed by atoms with Gasteiger partial charge < -0.3 is 28.4 Å². The van der Waals surface area contributed by atoms with Crippen molar-refractivity contribution in [1.29, 1.82) is 0 Å². The maximum absolute atomic E-state index is 13.5. The van der Waals surface area contributed by atoms with Gasteiger partial charge in [0.1, 0.15) is 23.0 Å². The first-order valence-electron chi connectivity index (χ1n) is 21.7. The van der Waals surface area contributed by atoms with Crippen molar-refractivity contribution in [2.45, 2.75) is 84.0 Å². The summed E-state index contributed by atoms with van der Waals surface area (Å²) in [7, 11) is 1.37. The van der Waals surface area contributed by atoms with Gasteiger partial charge in [0.25, 0.3) is 0 Å². The summed E-state index contributed by atoms with van der Waals surface area (Å²) in [6.45, 7) is 6.77. The molecule has 0 atom stereocenters. The Morgan fingerprint density at radius 1 is 0.714 bits per heavy atom. The lowest BCUT2D eigenvalue weighted by Gasteiger charge is -2.26. The molecule has 2 aliphatic rings. The highest BCUT2D eigenvalue weighted by molar-refractivity contribution is 7.22. The van der Waals surface area contributed by atoms with Crippen molar-refractivity contribution in [3.63, 3.8) is 0 Å². The van der Waals surface area contributed by atoms with Crippen molar-refractivity contribution >= 4 is 62.7 Å². The largest absolute Gasteiger partial charge is 0.494 e. The molecule has 1 heterocycles. The molecule has 0 bridgehead atoms. The predicted octanol–water partition coefficient (Wildman–Crippen LogP) is 9.03. The predicted molar refractivity (Wildman–Crippen MR) is 238 cm³/mol. The molecular formula is C48H55N3O11S. The Hall–Kier alpha value is -6.09. The molecule has 2 fully saturated rings. The van der Waals surface area contributed by atoms with Crippen molar-refractivity contribution in [1.82, 2.24) is 4.98 Å². The number of rotatable bonds is 20. The van der Waals surface area contributed by atoms with E-state index in [1.807, 2.05) is 31.2 Å². The van der Waals surface area contributed by atoms with E-state index < -0.39 is 23.8 Å². The molecule has 0 spiro atoms. The van der Waals surface area contributed by atoms with Gasteiger partial charge in [-0.05, 0) is 139 Å². The number of aromatic nitrogens is 1. The van der Waals surface area contributed by atoms with E-state index in [0.29, 0.717) is 93.3 Å². The third-order valence-corrected chi connectivity index (χ3v) is 12.3. The fourth-order valence-corrected chi connectivity index (χ4v) is 8.61. The summed E-state index contributed by atoms with van der Waals surface area (Å²) in [6.07, 6.45) is 10.2. The van der Waals surface area contributed by atoms with Gasteiger partial charge in [0.2, 0.25) is 5.13 Å². The van der Waals surface area contributed by atoms with Gasteiger partial charge in [-0.25, -0.2) is 14.8 Å². The van der Waals surface area contributed by atoms with Gasteiger partial charge in [-0.3, -0.25) is 19.2 Å². The molecule has 0 aliphatic heterocycles. The Kier molecular flexibility index (Phi) is 17.2. The summed E-state index contributed by atoms with van der Waals surface area (Å²) >= 11 is 1.51. The smallest absolute Gasteiger partial charge is 0.330 e. The van der Waals surface area contributed by atoms with E-state index in [2.05, 4.69) is 6.58 Å². The van der Waals surface area contributed by atoms with E-state index >= 15 is 0 Å². The molecular weight excluding hydrogens is 827 g/mol. The van der Waals surface area contributed by atoms with Crippen molar-refractivity contribution in [3.05, 3.63) is 84.9 Å². The zero-order valence-corrected chi connectivity index (χ0v) is 36.7. The number of hydrogen-bond acceptors (Lipinski definition) is 15. The molecule has 15 heteroatoms. The molecule has 2 saturated carbocycles. The van der Waals surface area contributed by atoms with Crippen molar-refractivity contribution < 1.29 is 52.4 Å². The van der Waals surface area contributed by atoms with Crippen LogP contribution in [0.25, 0.3) is 10.2 Å². The van der Waals surface area contributed by atoms with Crippen LogP contribution >= 0.6 is 11.3 Å². The first-order valence-corrected chi connectivity index (χ1v) is 22.5. The SMILES string of the molecule is C=CC(=O)OCCCCCCOc1ccc(OC(=O)[C@H]2CC[C@H](C(=O)Oc3ccc(OC(=O)[C@H]4CC[C@H](C(=O)OC)CC4)c(/C=N/N(CC)c4nc5ccccc5s4)c3)CC2)cc1. The number of esters is 5. The summed E-state index contributed by atoms with van der Waals surface area (Å²) in [5, 5.41) is 7.15. The van der Waals surface area contributed by atoms with Gasteiger partial charge in [-0.1, -0.05) is 30.0 Å². The Bertz CT molecular complexity index is 2190. The number of para-hydroxylation sites is 1. The van der Waals surface area contributed by atoms with Crippen LogP contribution in [0.5, 0.6) is 23.0 Å². The Labute approximate surface area is 371 Å². The number of fused-ring (bicyclic) bond motifs is 1. The number of nitrogens with zero attached hydrogens (tertiary/aromatic N) is 3. The number of carbonyl (C=O) groups is 5. The van der Waals surface area contributed by atoms with Crippen LogP contribution in [-0.4, -0.2) is 67.9 Å². The molecule has 4 aromatic rings. The number of thiazole rings is 1. The van der Waals surface area contributed by atoms with Gasteiger partial charge >= 0.3 is 29.8 Å². The standard InChI is InChI=1S/C48H55N3O11S/c1-4-43(52)59-29-11-7-6-10-28-58-37-22-24-38(25-23-37)60-45(54)33-18-20-34(21-19-33)46(55)61-39-26-27-41(62-47(56)35-16-14-32(15-17-35)44(53)57-3)36(30-39)31-49-51(5-2)48-50-40-12-8-9-13-42(40)63-48/h4,8-9,12-13,22-27,30-35H,1,5-7,10-11,14-21,28-29H2,2-3H3/b49-31+/t32-,33-,34-,35-. The van der Waals surface area contributed by atoms with Crippen LogP contribution in [0.3, 0.4) is 0 Å². The molecule has 1 aromatic heterocycles. The van der Waals surface area contributed by atoms with Crippen LogP contribution < -0.4 is 24.0 Å². The summed E-state index contributed by atoms with van der Waals surface area (Å²) in [4.78, 5) is 67.8. The third-order valence-electron chi connectivity index (χ3n) is 11.3. The zero-order chi connectivity index (χ0) is 44.6. The number of hydrogen-bond donors (Lipinski definition) is 0. The summed E-state index contributed by atoms with van der Waals surface area (Å²) in [6, 6.07) is 19.6. The number of carbonyl (C=O) groups excluding carboxylic acids is 5. The Balaban J connectivity index is 1.01. The lowest BCUT2D eigenvalue weighted by molar-refractivity contribution is -0.149. The minimum absolute atomic E-state index is 0.227. The number of hydrazone groups is 1. The molecule has 0 amide bonds.